The fourth-order valence-electron chi connectivity index (χ4n) is 0.960. The van der Waals surface area contributed by atoms with E-state index in [1.807, 2.05) is 0 Å². The first-order valence-electron chi connectivity index (χ1n) is 4.45. The molecule has 0 aliphatic rings. The summed E-state index contributed by atoms with van der Waals surface area (Å²) >= 11 is 0. The molecule has 0 aromatic rings. The van der Waals surface area contributed by atoms with E-state index in [0.29, 0.717) is 0 Å². The van der Waals surface area contributed by atoms with Crippen molar-refractivity contribution in [3.63, 3.8) is 0 Å². The van der Waals surface area contributed by atoms with Crippen molar-refractivity contribution >= 4 is 11.9 Å². The van der Waals surface area contributed by atoms with Gasteiger partial charge in [-0.2, -0.15) is 13.2 Å². The van der Waals surface area contributed by atoms with Crippen molar-refractivity contribution in [3.8, 4) is 0 Å². The third-order valence-corrected chi connectivity index (χ3v) is 1.84. The van der Waals surface area contributed by atoms with Gasteiger partial charge in [0.25, 0.3) is 0 Å². The third kappa shape index (κ3) is 4.08. The summed E-state index contributed by atoms with van der Waals surface area (Å²) in [5.41, 5.74) is -0.867. The fraction of sp³-hybridized carbons (Fsp3) is 0.778. The van der Waals surface area contributed by atoms with Gasteiger partial charge in [0.15, 0.2) is 0 Å². The Morgan fingerprint density at radius 3 is 1.88 bits per heavy atom. The lowest BCUT2D eigenvalue weighted by Gasteiger charge is -2.29. The lowest BCUT2D eigenvalue weighted by atomic mass is 9.86. The second-order valence-electron chi connectivity index (χ2n) is 4.29. The number of methoxy groups -OCH3 is 1. The molecule has 0 bridgehead atoms. The number of esters is 1. The predicted molar refractivity (Wildman–Crippen MR) is 49.5 cm³/mol. The molecule has 0 unspecified atom stereocenters. The Kier molecular flexibility index (Phi) is 4.34. The van der Waals surface area contributed by atoms with Crippen LogP contribution in [0.25, 0.3) is 0 Å². The van der Waals surface area contributed by atoms with Crippen LogP contribution in [-0.4, -0.2) is 31.2 Å². The van der Waals surface area contributed by atoms with Gasteiger partial charge in [-0.25, -0.2) is 4.79 Å². The molecule has 16 heavy (non-hydrogen) atoms. The maximum atomic E-state index is 12.0. The molecule has 0 aliphatic carbocycles. The number of ether oxygens (including phenoxy) is 1. The van der Waals surface area contributed by atoms with Crippen molar-refractivity contribution in [1.82, 2.24) is 5.32 Å². The Balaban J connectivity index is 4.84. The van der Waals surface area contributed by atoms with E-state index in [9.17, 15) is 22.8 Å². The van der Waals surface area contributed by atoms with E-state index in [-0.39, 0.29) is 0 Å². The summed E-state index contributed by atoms with van der Waals surface area (Å²) in [6, 6.07) is -1.34. The Hall–Kier alpha value is -1.27. The highest BCUT2D eigenvalue weighted by Gasteiger charge is 2.43. The number of nitrogens with one attached hydrogen (secondary N) is 1. The summed E-state index contributed by atoms with van der Waals surface area (Å²) in [5, 5.41) is 1.61. The van der Waals surface area contributed by atoms with Crippen LogP contribution >= 0.6 is 0 Å². The van der Waals surface area contributed by atoms with Crippen LogP contribution in [0.1, 0.15) is 20.8 Å². The van der Waals surface area contributed by atoms with Gasteiger partial charge in [-0.05, 0) is 5.41 Å². The normalized spacial score (nSPS) is 14.2. The maximum absolute atomic E-state index is 12.0. The number of hydrogen-bond donors (Lipinski definition) is 1. The molecule has 0 aliphatic heterocycles. The van der Waals surface area contributed by atoms with E-state index < -0.39 is 29.5 Å². The van der Waals surface area contributed by atoms with E-state index in [1.54, 1.807) is 5.32 Å². The molecule has 1 amide bonds. The first-order valence-corrected chi connectivity index (χ1v) is 4.45. The van der Waals surface area contributed by atoms with Gasteiger partial charge in [0.2, 0.25) is 0 Å². The zero-order valence-electron chi connectivity index (χ0n) is 9.44. The quantitative estimate of drug-likeness (QED) is 0.740. The number of alkyl halides is 3. The van der Waals surface area contributed by atoms with Crippen LogP contribution < -0.4 is 5.32 Å². The second kappa shape index (κ2) is 4.71. The smallest absolute Gasteiger partial charge is 0.467 e. The minimum Gasteiger partial charge on any atom is -0.467 e. The van der Waals surface area contributed by atoms with Crippen molar-refractivity contribution in [2.24, 2.45) is 5.41 Å². The van der Waals surface area contributed by atoms with Crippen molar-refractivity contribution in [2.75, 3.05) is 7.11 Å². The van der Waals surface area contributed by atoms with Gasteiger partial charge in [0.05, 0.1) is 7.11 Å². The molecule has 0 fully saturated rings. The van der Waals surface area contributed by atoms with Crippen LogP contribution in [0.2, 0.25) is 0 Å². The van der Waals surface area contributed by atoms with Crippen LogP contribution in [0.5, 0.6) is 0 Å². The third-order valence-electron chi connectivity index (χ3n) is 1.84. The molecular weight excluding hydrogens is 227 g/mol. The van der Waals surface area contributed by atoms with Crippen LogP contribution in [-0.2, 0) is 14.3 Å². The van der Waals surface area contributed by atoms with Crippen LogP contribution in [0, 0.1) is 5.41 Å². The van der Waals surface area contributed by atoms with E-state index in [1.165, 1.54) is 20.8 Å². The van der Waals surface area contributed by atoms with Gasteiger partial charge in [-0.1, -0.05) is 20.8 Å². The molecule has 7 heteroatoms. The monoisotopic (exact) mass is 241 g/mol. The van der Waals surface area contributed by atoms with Gasteiger partial charge < -0.3 is 10.1 Å². The SMILES string of the molecule is COC(=O)[C@H](NC(=O)C(F)(F)F)C(C)(C)C. The van der Waals surface area contributed by atoms with Crippen molar-refractivity contribution in [1.29, 1.82) is 0 Å². The molecule has 1 N–H and O–H groups in total. The highest BCUT2D eigenvalue weighted by molar-refractivity contribution is 5.87. The summed E-state index contributed by atoms with van der Waals surface area (Å²) < 4.78 is 40.3. The molecule has 0 saturated carbocycles. The fourth-order valence-corrected chi connectivity index (χ4v) is 0.960. The summed E-state index contributed by atoms with van der Waals surface area (Å²) in [6.07, 6.45) is -5.02. The summed E-state index contributed by atoms with van der Waals surface area (Å²) in [6.45, 7) is 4.56. The maximum Gasteiger partial charge on any atom is 0.471 e. The highest BCUT2D eigenvalue weighted by atomic mass is 19.4. The largest absolute Gasteiger partial charge is 0.471 e. The number of amides is 1. The van der Waals surface area contributed by atoms with Crippen molar-refractivity contribution in [3.05, 3.63) is 0 Å². The lowest BCUT2D eigenvalue weighted by Crippen LogP contribution is -2.53. The Morgan fingerprint density at radius 1 is 1.19 bits per heavy atom. The molecule has 0 radical (unpaired) electrons. The Bertz CT molecular complexity index is 281. The molecule has 0 aromatic heterocycles. The molecule has 1 atom stereocenters. The number of carbonyl (C=O) groups excluding carboxylic acids is 2. The molecule has 94 valence electrons. The van der Waals surface area contributed by atoms with E-state index >= 15 is 0 Å². The topological polar surface area (TPSA) is 55.4 Å². The van der Waals surface area contributed by atoms with Gasteiger partial charge in [-0.15, -0.1) is 0 Å². The number of rotatable bonds is 2. The molecular formula is C9H14F3NO3. The zero-order valence-corrected chi connectivity index (χ0v) is 9.44. The van der Waals surface area contributed by atoms with E-state index in [4.69, 9.17) is 0 Å². The van der Waals surface area contributed by atoms with Gasteiger partial charge >= 0.3 is 18.1 Å². The highest BCUT2D eigenvalue weighted by Crippen LogP contribution is 2.22. The zero-order chi connectivity index (χ0) is 13.1. The minimum absolute atomic E-state index is 0.867. The predicted octanol–water partition coefficient (Wildman–Crippen LogP) is 1.25. The average molecular weight is 241 g/mol. The summed E-state index contributed by atoms with van der Waals surface area (Å²) in [7, 11) is 1.04. The molecule has 0 spiro atoms. The van der Waals surface area contributed by atoms with Crippen LogP contribution in [0.3, 0.4) is 0 Å². The van der Waals surface area contributed by atoms with Crippen LogP contribution in [0.4, 0.5) is 13.2 Å². The molecule has 0 rings (SSSR count). The van der Waals surface area contributed by atoms with Gasteiger partial charge in [0.1, 0.15) is 6.04 Å². The summed E-state index contributed by atoms with van der Waals surface area (Å²) in [4.78, 5) is 21.9. The van der Waals surface area contributed by atoms with Crippen molar-refractivity contribution in [2.45, 2.75) is 33.0 Å². The van der Waals surface area contributed by atoms with Crippen molar-refractivity contribution < 1.29 is 27.5 Å². The van der Waals surface area contributed by atoms with Gasteiger partial charge in [0, 0.05) is 0 Å². The van der Waals surface area contributed by atoms with Gasteiger partial charge in [-0.3, -0.25) is 4.79 Å². The Morgan fingerprint density at radius 2 is 1.62 bits per heavy atom. The standard InChI is InChI=1S/C9H14F3NO3/c1-8(2,3)5(6(14)16-4)13-7(15)9(10,11)12/h5H,1-4H3,(H,13,15)/t5-/m0/s1. The number of halogens is 3. The lowest BCUT2D eigenvalue weighted by molar-refractivity contribution is -0.176. The van der Waals surface area contributed by atoms with E-state index in [2.05, 4.69) is 4.74 Å². The molecule has 0 heterocycles. The minimum atomic E-state index is -5.02. The van der Waals surface area contributed by atoms with E-state index in [0.717, 1.165) is 7.11 Å². The first kappa shape index (κ1) is 14.7. The molecule has 4 nitrogen and oxygen atoms in total. The first-order chi connectivity index (χ1) is 7.00. The van der Waals surface area contributed by atoms with Crippen LogP contribution in [0.15, 0.2) is 0 Å². The average Bonchev–Trinajstić information content (AvgIpc) is 2.09. The summed E-state index contributed by atoms with van der Waals surface area (Å²) in [5.74, 6) is -3.07. The molecule has 0 saturated heterocycles. The second-order valence-corrected chi connectivity index (χ2v) is 4.29. The number of hydrogen-bond acceptors (Lipinski definition) is 3. The number of carbonyl (C=O) groups is 2. The molecule has 0 aromatic carbocycles. The Labute approximate surface area is 91.1 Å².